The van der Waals surface area contributed by atoms with Gasteiger partial charge < -0.3 is 10.2 Å². The maximum atomic E-state index is 11.1. The molecule has 1 N–H and O–H groups in total. The van der Waals surface area contributed by atoms with Gasteiger partial charge in [-0.3, -0.25) is 4.79 Å². The molecule has 13 heavy (non-hydrogen) atoms. The Balaban J connectivity index is 3.17. The maximum absolute atomic E-state index is 11.1. The number of carbonyl (C=O) groups excluding carboxylic acids is 1. The lowest BCUT2D eigenvalue weighted by atomic mass is 10.2. The van der Waals surface area contributed by atoms with E-state index in [1.807, 2.05) is 0 Å². The monoisotopic (exact) mass is 182 g/mol. The fourth-order valence-electron chi connectivity index (χ4n) is 0.830. The van der Waals surface area contributed by atoms with Crippen LogP contribution in [0, 0.1) is 12.3 Å². The van der Waals surface area contributed by atoms with Gasteiger partial charge >= 0.3 is 0 Å². The minimum atomic E-state index is 0.108. The van der Waals surface area contributed by atoms with Crippen molar-refractivity contribution >= 4 is 5.91 Å². The van der Waals surface area contributed by atoms with E-state index in [4.69, 9.17) is 6.42 Å². The lowest BCUT2D eigenvalue weighted by Gasteiger charge is -2.10. The SMILES string of the molecule is C#CCCCCNCC(=O)N(C)C. The van der Waals surface area contributed by atoms with Crippen molar-refractivity contribution in [3.05, 3.63) is 0 Å². The van der Waals surface area contributed by atoms with Crippen LogP contribution in [-0.4, -0.2) is 38.0 Å². The lowest BCUT2D eigenvalue weighted by Crippen LogP contribution is -2.33. The highest BCUT2D eigenvalue weighted by molar-refractivity contribution is 5.77. The third-order valence-electron chi connectivity index (χ3n) is 1.70. The summed E-state index contributed by atoms with van der Waals surface area (Å²) >= 11 is 0. The molecular weight excluding hydrogens is 164 g/mol. The van der Waals surface area contributed by atoms with E-state index in [1.54, 1.807) is 19.0 Å². The second-order valence-corrected chi connectivity index (χ2v) is 3.13. The quantitative estimate of drug-likeness (QED) is 0.478. The van der Waals surface area contributed by atoms with Crippen LogP contribution in [0.15, 0.2) is 0 Å². The van der Waals surface area contributed by atoms with Crippen LogP contribution in [0.4, 0.5) is 0 Å². The molecule has 0 aromatic carbocycles. The van der Waals surface area contributed by atoms with E-state index in [-0.39, 0.29) is 5.91 Å². The summed E-state index contributed by atoms with van der Waals surface area (Å²) < 4.78 is 0. The van der Waals surface area contributed by atoms with Gasteiger partial charge in [0, 0.05) is 20.5 Å². The van der Waals surface area contributed by atoms with Gasteiger partial charge in [0.15, 0.2) is 0 Å². The van der Waals surface area contributed by atoms with E-state index in [0.717, 1.165) is 25.8 Å². The summed E-state index contributed by atoms with van der Waals surface area (Å²) in [5.74, 6) is 2.69. The average Bonchev–Trinajstić information content (AvgIpc) is 2.10. The molecule has 0 spiro atoms. The van der Waals surface area contributed by atoms with Crippen LogP contribution in [0.25, 0.3) is 0 Å². The first kappa shape index (κ1) is 12.0. The first-order valence-electron chi connectivity index (χ1n) is 4.53. The molecule has 0 aliphatic carbocycles. The number of unbranched alkanes of at least 4 members (excludes halogenated alkanes) is 2. The smallest absolute Gasteiger partial charge is 0.236 e. The zero-order valence-corrected chi connectivity index (χ0v) is 8.47. The molecule has 0 bridgehead atoms. The van der Waals surface area contributed by atoms with Gasteiger partial charge in [0.05, 0.1) is 6.54 Å². The van der Waals surface area contributed by atoms with Gasteiger partial charge in [-0.1, -0.05) is 0 Å². The number of rotatable bonds is 6. The van der Waals surface area contributed by atoms with Crippen molar-refractivity contribution < 1.29 is 4.79 Å². The molecule has 0 aliphatic rings. The van der Waals surface area contributed by atoms with E-state index in [2.05, 4.69) is 11.2 Å². The molecule has 0 fully saturated rings. The number of amides is 1. The summed E-state index contributed by atoms with van der Waals surface area (Å²) in [6, 6.07) is 0. The number of terminal acetylenes is 1. The van der Waals surface area contributed by atoms with Crippen molar-refractivity contribution in [2.45, 2.75) is 19.3 Å². The van der Waals surface area contributed by atoms with Gasteiger partial charge in [-0.15, -0.1) is 12.3 Å². The molecule has 3 nitrogen and oxygen atoms in total. The molecule has 0 saturated heterocycles. The Labute approximate surface area is 80.5 Å². The molecular formula is C10H18N2O. The largest absolute Gasteiger partial charge is 0.348 e. The van der Waals surface area contributed by atoms with Gasteiger partial charge in [-0.05, 0) is 19.4 Å². The number of likely N-dealkylation sites (N-methyl/N-ethyl adjacent to an activating group) is 1. The number of hydrogen-bond acceptors (Lipinski definition) is 2. The standard InChI is InChI=1S/C10H18N2O/c1-4-5-6-7-8-11-9-10(13)12(2)3/h1,11H,5-9H2,2-3H3. The fraction of sp³-hybridized carbons (Fsp3) is 0.700. The van der Waals surface area contributed by atoms with Crippen LogP contribution in [0.2, 0.25) is 0 Å². The van der Waals surface area contributed by atoms with Crippen LogP contribution in [0.1, 0.15) is 19.3 Å². The third kappa shape index (κ3) is 7.35. The summed E-state index contributed by atoms with van der Waals surface area (Å²) in [7, 11) is 3.50. The van der Waals surface area contributed by atoms with Crippen molar-refractivity contribution in [2.24, 2.45) is 0 Å². The number of nitrogens with zero attached hydrogens (tertiary/aromatic N) is 1. The Morgan fingerprint density at radius 1 is 1.46 bits per heavy atom. The van der Waals surface area contributed by atoms with Crippen LogP contribution < -0.4 is 5.32 Å². The highest BCUT2D eigenvalue weighted by Gasteiger charge is 2.00. The van der Waals surface area contributed by atoms with Crippen LogP contribution in [0.5, 0.6) is 0 Å². The Bertz CT molecular complexity index is 182. The lowest BCUT2D eigenvalue weighted by molar-refractivity contribution is -0.127. The minimum Gasteiger partial charge on any atom is -0.348 e. The van der Waals surface area contributed by atoms with Gasteiger partial charge in [-0.25, -0.2) is 0 Å². The van der Waals surface area contributed by atoms with Crippen molar-refractivity contribution in [1.29, 1.82) is 0 Å². The Morgan fingerprint density at radius 2 is 2.15 bits per heavy atom. The summed E-state index contributed by atoms with van der Waals surface area (Å²) in [6.45, 7) is 1.28. The molecule has 0 aliphatic heterocycles. The van der Waals surface area contributed by atoms with Gasteiger partial charge in [0.2, 0.25) is 5.91 Å². The molecule has 0 radical (unpaired) electrons. The van der Waals surface area contributed by atoms with Crippen molar-refractivity contribution in [2.75, 3.05) is 27.2 Å². The second kappa shape index (κ2) is 7.63. The maximum Gasteiger partial charge on any atom is 0.236 e. The van der Waals surface area contributed by atoms with E-state index in [0.29, 0.717) is 6.54 Å². The summed E-state index contributed by atoms with van der Waals surface area (Å²) in [4.78, 5) is 12.6. The number of hydrogen-bond donors (Lipinski definition) is 1. The zero-order chi connectivity index (χ0) is 10.1. The normalized spacial score (nSPS) is 9.31. The Kier molecular flexibility index (Phi) is 7.04. The highest BCUT2D eigenvalue weighted by atomic mass is 16.2. The molecule has 0 unspecified atom stereocenters. The summed E-state index contributed by atoms with van der Waals surface area (Å²) in [6.07, 6.45) is 7.98. The molecule has 3 heteroatoms. The van der Waals surface area contributed by atoms with Gasteiger partial charge in [0.25, 0.3) is 0 Å². The number of nitrogens with one attached hydrogen (secondary N) is 1. The molecule has 0 heterocycles. The molecule has 74 valence electrons. The second-order valence-electron chi connectivity index (χ2n) is 3.13. The minimum absolute atomic E-state index is 0.108. The van der Waals surface area contributed by atoms with Gasteiger partial charge in [-0.2, -0.15) is 0 Å². The van der Waals surface area contributed by atoms with Crippen LogP contribution >= 0.6 is 0 Å². The van der Waals surface area contributed by atoms with E-state index < -0.39 is 0 Å². The zero-order valence-electron chi connectivity index (χ0n) is 8.47. The summed E-state index contributed by atoms with van der Waals surface area (Å²) in [5, 5.41) is 3.07. The molecule has 0 aromatic rings. The third-order valence-corrected chi connectivity index (χ3v) is 1.70. The van der Waals surface area contributed by atoms with Crippen LogP contribution in [0.3, 0.4) is 0 Å². The molecule has 0 atom stereocenters. The molecule has 0 rings (SSSR count). The van der Waals surface area contributed by atoms with Crippen LogP contribution in [-0.2, 0) is 4.79 Å². The number of carbonyl (C=O) groups is 1. The Hall–Kier alpha value is -1.01. The predicted molar refractivity (Wildman–Crippen MR) is 54.2 cm³/mol. The first-order chi connectivity index (χ1) is 6.18. The fourth-order valence-corrected chi connectivity index (χ4v) is 0.830. The van der Waals surface area contributed by atoms with Crippen molar-refractivity contribution in [3.8, 4) is 12.3 Å². The highest BCUT2D eigenvalue weighted by Crippen LogP contribution is 1.90. The van der Waals surface area contributed by atoms with Crippen molar-refractivity contribution in [1.82, 2.24) is 10.2 Å². The predicted octanol–water partition coefficient (Wildman–Crippen LogP) is 0.468. The average molecular weight is 182 g/mol. The van der Waals surface area contributed by atoms with E-state index >= 15 is 0 Å². The van der Waals surface area contributed by atoms with E-state index in [1.165, 1.54) is 0 Å². The van der Waals surface area contributed by atoms with Gasteiger partial charge in [0.1, 0.15) is 0 Å². The molecule has 1 amide bonds. The first-order valence-corrected chi connectivity index (χ1v) is 4.53. The Morgan fingerprint density at radius 3 is 2.69 bits per heavy atom. The van der Waals surface area contributed by atoms with E-state index in [9.17, 15) is 4.79 Å². The molecule has 0 aromatic heterocycles. The topological polar surface area (TPSA) is 32.3 Å². The van der Waals surface area contributed by atoms with Crippen molar-refractivity contribution in [3.63, 3.8) is 0 Å². The summed E-state index contributed by atoms with van der Waals surface area (Å²) in [5.41, 5.74) is 0. The molecule has 0 saturated carbocycles.